The van der Waals surface area contributed by atoms with E-state index in [1.165, 1.54) is 24.3 Å². The summed E-state index contributed by atoms with van der Waals surface area (Å²) in [6.07, 6.45) is 1.59. The first-order valence-electron chi connectivity index (χ1n) is 14.8. The topological polar surface area (TPSA) is 198 Å². The van der Waals surface area contributed by atoms with Crippen molar-refractivity contribution >= 4 is 51.9 Å². The van der Waals surface area contributed by atoms with Gasteiger partial charge in [-0.25, -0.2) is 0 Å². The van der Waals surface area contributed by atoms with Crippen LogP contribution in [-0.4, -0.2) is 45.1 Å². The summed E-state index contributed by atoms with van der Waals surface area (Å²) < 4.78 is 121. The largest absolute Gasteiger partial charge is 0.379 e. The van der Waals surface area contributed by atoms with Gasteiger partial charge in [-0.2, -0.15) is 33.7 Å². The van der Waals surface area contributed by atoms with Gasteiger partial charge >= 0.3 is 40.5 Å². The van der Waals surface area contributed by atoms with Gasteiger partial charge < -0.3 is 8.37 Å². The van der Waals surface area contributed by atoms with E-state index in [4.69, 9.17) is 16.9 Å². The van der Waals surface area contributed by atoms with E-state index in [0.29, 0.717) is 12.8 Å². The Balaban J connectivity index is 1.24. The van der Waals surface area contributed by atoms with Gasteiger partial charge in [-0.1, -0.05) is 45.7 Å². The van der Waals surface area contributed by atoms with Crippen LogP contribution >= 0.6 is 0 Å². The van der Waals surface area contributed by atoms with Crippen molar-refractivity contribution in [2.24, 2.45) is 10.3 Å². The average Bonchev–Trinajstić information content (AvgIpc) is 3.07. The fourth-order valence-corrected chi connectivity index (χ4v) is 7.77. The molecule has 4 aromatic carbocycles. The Morgan fingerprint density at radius 3 is 1.02 bits per heavy atom. The predicted molar refractivity (Wildman–Crippen MR) is 181 cm³/mol. The minimum absolute atomic E-state index is 0.0456. The number of aryl methyl sites for hydroxylation is 2. The van der Waals surface area contributed by atoms with Crippen molar-refractivity contribution in [1.82, 2.24) is 0 Å². The molecule has 1 fully saturated rings. The summed E-state index contributed by atoms with van der Waals surface area (Å²) >= 11 is 0. The standard InChI is InChI=1S/C32H30N2O12S4/c1-23-7-15-27(16-8-23)47(35,36)43-25-11-19-29(20-12-25)49(39,40)45-33-31-5-3-4-6-32(31)34-46-50(41,42)30-21-13-26(14-22-30)44-48(37,38)28-17-9-24(2)10-18-28/h7-22H,3-6H2,1-2H3/b33-31-,34-32+. The molecule has 5 rings (SSSR count). The molecule has 50 heavy (non-hydrogen) atoms. The molecule has 0 amide bonds. The molecule has 0 saturated heterocycles. The van der Waals surface area contributed by atoms with E-state index < -0.39 is 40.5 Å². The van der Waals surface area contributed by atoms with Crippen LogP contribution in [0.2, 0.25) is 0 Å². The van der Waals surface area contributed by atoms with Crippen LogP contribution in [0.4, 0.5) is 0 Å². The van der Waals surface area contributed by atoms with E-state index in [0.717, 1.165) is 59.7 Å². The summed E-state index contributed by atoms with van der Waals surface area (Å²) in [6, 6.07) is 20.9. The van der Waals surface area contributed by atoms with Crippen LogP contribution < -0.4 is 8.37 Å². The first-order valence-corrected chi connectivity index (χ1v) is 20.4. The molecule has 18 heteroatoms. The van der Waals surface area contributed by atoms with Crippen LogP contribution in [0.5, 0.6) is 11.5 Å². The summed E-state index contributed by atoms with van der Waals surface area (Å²) in [5, 5.41) is 7.43. The van der Waals surface area contributed by atoms with Gasteiger partial charge in [-0.15, -0.1) is 0 Å². The second-order valence-corrected chi connectivity index (χ2v) is 17.1. The van der Waals surface area contributed by atoms with E-state index in [2.05, 4.69) is 10.3 Å². The lowest BCUT2D eigenvalue weighted by atomic mass is 9.97. The smallest absolute Gasteiger partial charge is 0.358 e. The van der Waals surface area contributed by atoms with E-state index in [1.807, 2.05) is 0 Å². The van der Waals surface area contributed by atoms with Gasteiger partial charge in [0.05, 0.1) is 0 Å². The van der Waals surface area contributed by atoms with Gasteiger partial charge in [-0.05, 0) is 112 Å². The number of hydrogen-bond donors (Lipinski definition) is 0. The quantitative estimate of drug-likeness (QED) is 0.135. The highest BCUT2D eigenvalue weighted by atomic mass is 32.2. The normalized spacial score (nSPS) is 15.8. The Morgan fingerprint density at radius 2 is 0.700 bits per heavy atom. The third-order valence-electron chi connectivity index (χ3n) is 7.16. The van der Waals surface area contributed by atoms with Crippen molar-refractivity contribution in [2.75, 3.05) is 0 Å². The molecule has 1 aliphatic rings. The SMILES string of the molecule is Cc1ccc(S(=O)(=O)Oc2ccc(S(=O)(=O)O/N=C3/CCCC/C3=N\OS(=O)(=O)c3ccc(OS(=O)(=O)c4ccc(C)cc4)cc3)cc2)cc1. The third kappa shape index (κ3) is 9.06. The molecular formula is C32H30N2O12S4. The molecule has 0 bridgehead atoms. The average molecular weight is 763 g/mol. The van der Waals surface area contributed by atoms with Gasteiger partial charge in [0.25, 0.3) is 0 Å². The van der Waals surface area contributed by atoms with Gasteiger partial charge in [0, 0.05) is 0 Å². The van der Waals surface area contributed by atoms with Crippen LogP contribution in [0.25, 0.3) is 0 Å². The molecule has 264 valence electrons. The zero-order chi connectivity index (χ0) is 36.2. The minimum Gasteiger partial charge on any atom is -0.379 e. The summed E-state index contributed by atoms with van der Waals surface area (Å²) in [5.74, 6) is -0.268. The van der Waals surface area contributed by atoms with Crippen molar-refractivity contribution in [2.45, 2.75) is 59.1 Å². The van der Waals surface area contributed by atoms with Crippen molar-refractivity contribution in [3.05, 3.63) is 108 Å². The van der Waals surface area contributed by atoms with E-state index in [1.54, 1.807) is 38.1 Å². The van der Waals surface area contributed by atoms with Crippen molar-refractivity contribution in [1.29, 1.82) is 0 Å². The molecule has 0 radical (unpaired) electrons. The Labute approximate surface area is 290 Å². The molecule has 0 heterocycles. The van der Waals surface area contributed by atoms with Crippen LogP contribution in [0, 0.1) is 13.8 Å². The van der Waals surface area contributed by atoms with Crippen molar-refractivity contribution < 1.29 is 50.6 Å². The van der Waals surface area contributed by atoms with E-state index >= 15 is 0 Å². The monoisotopic (exact) mass is 762 g/mol. The molecule has 0 unspecified atom stereocenters. The van der Waals surface area contributed by atoms with Crippen LogP contribution in [0.15, 0.2) is 127 Å². The summed E-state index contributed by atoms with van der Waals surface area (Å²) in [5.41, 5.74) is 1.81. The van der Waals surface area contributed by atoms with Crippen LogP contribution in [-0.2, 0) is 49.0 Å². The molecule has 1 saturated carbocycles. The Morgan fingerprint density at radius 1 is 0.420 bits per heavy atom. The van der Waals surface area contributed by atoms with Crippen molar-refractivity contribution in [3.63, 3.8) is 0 Å². The second-order valence-electron chi connectivity index (χ2n) is 11.0. The Bertz CT molecular complexity index is 2190. The molecular weight excluding hydrogens is 733 g/mol. The molecule has 4 aromatic rings. The fraction of sp³-hybridized carbons (Fsp3) is 0.188. The van der Waals surface area contributed by atoms with Crippen LogP contribution in [0.3, 0.4) is 0 Å². The molecule has 0 spiro atoms. The number of nitrogens with zero attached hydrogens (tertiary/aromatic N) is 2. The summed E-state index contributed by atoms with van der Waals surface area (Å²) in [6.45, 7) is 3.60. The van der Waals surface area contributed by atoms with Crippen LogP contribution in [0.1, 0.15) is 36.8 Å². The number of oxime groups is 2. The highest BCUT2D eigenvalue weighted by Gasteiger charge is 2.24. The third-order valence-corrected chi connectivity index (χ3v) is 11.9. The molecule has 0 aromatic heterocycles. The highest BCUT2D eigenvalue weighted by molar-refractivity contribution is 7.87. The highest BCUT2D eigenvalue weighted by Crippen LogP contribution is 2.25. The predicted octanol–water partition coefficient (Wildman–Crippen LogP) is 5.24. The lowest BCUT2D eigenvalue weighted by Gasteiger charge is -2.14. The molecule has 0 aliphatic heterocycles. The summed E-state index contributed by atoms with van der Waals surface area (Å²) in [4.78, 5) is -0.853. The first kappa shape index (κ1) is 36.5. The maximum Gasteiger partial charge on any atom is 0.358 e. The summed E-state index contributed by atoms with van der Waals surface area (Å²) in [7, 11) is -17.3. The first-order chi connectivity index (χ1) is 23.5. The van der Waals surface area contributed by atoms with Gasteiger partial charge in [-0.3, -0.25) is 8.57 Å². The zero-order valence-electron chi connectivity index (χ0n) is 26.5. The fourth-order valence-electron chi connectivity index (χ4n) is 4.43. The van der Waals surface area contributed by atoms with E-state index in [9.17, 15) is 33.7 Å². The maximum atomic E-state index is 12.8. The Kier molecular flexibility index (Phi) is 10.7. The minimum atomic E-state index is -4.49. The Hall–Kier alpha value is -4.78. The van der Waals surface area contributed by atoms with Gasteiger partial charge in [0.2, 0.25) is 0 Å². The number of benzene rings is 4. The second kappa shape index (κ2) is 14.6. The number of rotatable bonds is 12. The maximum absolute atomic E-state index is 12.8. The number of hydrogen-bond acceptors (Lipinski definition) is 14. The molecule has 1 aliphatic carbocycles. The van der Waals surface area contributed by atoms with Crippen molar-refractivity contribution in [3.8, 4) is 11.5 Å². The van der Waals surface area contributed by atoms with Gasteiger partial charge in [0.1, 0.15) is 42.5 Å². The molecule has 0 N–H and O–H groups in total. The van der Waals surface area contributed by atoms with E-state index in [-0.39, 0.29) is 55.3 Å². The lowest BCUT2D eigenvalue weighted by molar-refractivity contribution is 0.331. The van der Waals surface area contributed by atoms with Gasteiger partial charge in [0.15, 0.2) is 0 Å². The molecule has 0 atom stereocenters. The molecule has 14 nitrogen and oxygen atoms in total. The zero-order valence-corrected chi connectivity index (χ0v) is 29.8. The lowest BCUT2D eigenvalue weighted by Crippen LogP contribution is -2.21.